The van der Waals surface area contributed by atoms with Crippen molar-refractivity contribution in [2.75, 3.05) is 6.54 Å². The number of rotatable bonds is 3. The molecule has 0 bridgehead atoms. The summed E-state index contributed by atoms with van der Waals surface area (Å²) < 4.78 is 0. The average Bonchev–Trinajstić information content (AvgIpc) is 2.29. The fourth-order valence-electron chi connectivity index (χ4n) is 2.13. The Labute approximate surface area is 96.5 Å². The average molecular weight is 214 g/mol. The zero-order valence-electron chi connectivity index (χ0n) is 9.90. The minimum absolute atomic E-state index is 0.526. The Morgan fingerprint density at radius 3 is 2.88 bits per heavy atom. The second-order valence-electron chi connectivity index (χ2n) is 4.52. The highest BCUT2D eigenvalue weighted by molar-refractivity contribution is 5.87. The summed E-state index contributed by atoms with van der Waals surface area (Å²) in [6.45, 7) is 5.04. The normalized spacial score (nSPS) is 12.9. The van der Waals surface area contributed by atoms with Gasteiger partial charge in [0.25, 0.3) is 0 Å². The molecular weight excluding hydrogens is 196 g/mol. The van der Waals surface area contributed by atoms with Crippen LogP contribution in [0.2, 0.25) is 0 Å². The van der Waals surface area contributed by atoms with Gasteiger partial charge in [0.05, 0.1) is 0 Å². The van der Waals surface area contributed by atoms with Gasteiger partial charge in [0.15, 0.2) is 0 Å². The summed E-state index contributed by atoms with van der Waals surface area (Å²) in [5.41, 5.74) is 8.32. The summed E-state index contributed by atoms with van der Waals surface area (Å²) in [4.78, 5) is 4.23. The molecule has 2 rings (SSSR count). The Morgan fingerprint density at radius 2 is 2.12 bits per heavy atom. The van der Waals surface area contributed by atoms with E-state index in [2.05, 4.69) is 37.0 Å². The van der Waals surface area contributed by atoms with E-state index < -0.39 is 0 Å². The fourth-order valence-corrected chi connectivity index (χ4v) is 2.13. The number of hydrogen-bond donors (Lipinski definition) is 1. The van der Waals surface area contributed by atoms with Gasteiger partial charge in [0, 0.05) is 17.8 Å². The first-order valence-electron chi connectivity index (χ1n) is 5.74. The van der Waals surface area contributed by atoms with Crippen LogP contribution in [0.15, 0.2) is 30.6 Å². The molecule has 0 radical (unpaired) electrons. The molecule has 0 saturated heterocycles. The summed E-state index contributed by atoms with van der Waals surface area (Å²) in [6, 6.07) is 6.41. The van der Waals surface area contributed by atoms with Crippen molar-refractivity contribution in [3.05, 3.63) is 41.7 Å². The first-order valence-corrected chi connectivity index (χ1v) is 5.74. The molecule has 0 fully saturated rings. The topological polar surface area (TPSA) is 38.9 Å². The second kappa shape index (κ2) is 4.62. The van der Waals surface area contributed by atoms with Crippen LogP contribution >= 0.6 is 0 Å². The van der Waals surface area contributed by atoms with E-state index in [1.807, 2.05) is 12.4 Å². The molecule has 1 aromatic carbocycles. The number of aryl methyl sites for hydroxylation is 1. The lowest BCUT2D eigenvalue weighted by molar-refractivity contribution is 0.595. The molecule has 1 heterocycles. The minimum atomic E-state index is 0.526. The van der Waals surface area contributed by atoms with Gasteiger partial charge in [-0.3, -0.25) is 4.98 Å². The molecule has 0 aliphatic carbocycles. The number of hydrogen-bond acceptors (Lipinski definition) is 2. The molecule has 1 unspecified atom stereocenters. The van der Waals surface area contributed by atoms with E-state index in [-0.39, 0.29) is 0 Å². The number of pyridine rings is 1. The Kier molecular flexibility index (Phi) is 3.20. The van der Waals surface area contributed by atoms with Crippen LogP contribution in [0.5, 0.6) is 0 Å². The van der Waals surface area contributed by atoms with E-state index in [0.29, 0.717) is 5.92 Å². The van der Waals surface area contributed by atoms with E-state index in [4.69, 9.17) is 5.73 Å². The van der Waals surface area contributed by atoms with Gasteiger partial charge in [-0.1, -0.05) is 25.1 Å². The fraction of sp³-hybridized carbons (Fsp3) is 0.357. The highest BCUT2D eigenvalue weighted by Gasteiger charge is 2.07. The van der Waals surface area contributed by atoms with Crippen LogP contribution in [-0.2, 0) is 6.42 Å². The SMILES string of the molecule is Cc1cncc2cccc(CC(C)CN)c12. The molecule has 2 aromatic rings. The van der Waals surface area contributed by atoms with E-state index >= 15 is 0 Å². The molecule has 0 aliphatic heterocycles. The third kappa shape index (κ3) is 2.07. The maximum Gasteiger partial charge on any atom is 0.0346 e. The zero-order valence-corrected chi connectivity index (χ0v) is 9.90. The van der Waals surface area contributed by atoms with E-state index in [9.17, 15) is 0 Å². The third-order valence-corrected chi connectivity index (χ3v) is 3.03. The summed E-state index contributed by atoms with van der Waals surface area (Å²) in [5, 5.41) is 2.57. The predicted molar refractivity (Wildman–Crippen MR) is 68.4 cm³/mol. The molecule has 2 N–H and O–H groups in total. The summed E-state index contributed by atoms with van der Waals surface area (Å²) in [7, 11) is 0. The molecule has 2 heteroatoms. The van der Waals surface area contributed by atoms with Gasteiger partial charge in [0.1, 0.15) is 0 Å². The molecule has 2 nitrogen and oxygen atoms in total. The molecule has 0 spiro atoms. The number of nitrogens with zero attached hydrogens (tertiary/aromatic N) is 1. The largest absolute Gasteiger partial charge is 0.330 e. The molecule has 84 valence electrons. The van der Waals surface area contributed by atoms with Gasteiger partial charge in [-0.2, -0.15) is 0 Å². The number of nitrogens with two attached hydrogens (primary N) is 1. The van der Waals surface area contributed by atoms with Gasteiger partial charge in [0.2, 0.25) is 0 Å². The van der Waals surface area contributed by atoms with Gasteiger partial charge in [-0.15, -0.1) is 0 Å². The minimum Gasteiger partial charge on any atom is -0.330 e. The van der Waals surface area contributed by atoms with Gasteiger partial charge < -0.3 is 5.73 Å². The molecule has 1 aromatic heterocycles. The number of fused-ring (bicyclic) bond motifs is 1. The lowest BCUT2D eigenvalue weighted by Gasteiger charge is -2.12. The van der Waals surface area contributed by atoms with Crippen LogP contribution in [0.4, 0.5) is 0 Å². The van der Waals surface area contributed by atoms with Crippen LogP contribution in [0.1, 0.15) is 18.1 Å². The quantitative estimate of drug-likeness (QED) is 0.853. The monoisotopic (exact) mass is 214 g/mol. The van der Waals surface area contributed by atoms with Crippen LogP contribution in [0.25, 0.3) is 10.8 Å². The second-order valence-corrected chi connectivity index (χ2v) is 4.52. The third-order valence-electron chi connectivity index (χ3n) is 3.03. The Morgan fingerprint density at radius 1 is 1.31 bits per heavy atom. The Bertz CT molecular complexity index is 486. The van der Waals surface area contributed by atoms with Crippen molar-refractivity contribution in [1.82, 2.24) is 4.98 Å². The molecule has 0 amide bonds. The Hall–Kier alpha value is -1.41. The molecule has 1 atom stereocenters. The molecule has 16 heavy (non-hydrogen) atoms. The van der Waals surface area contributed by atoms with Crippen molar-refractivity contribution in [2.45, 2.75) is 20.3 Å². The lowest BCUT2D eigenvalue weighted by Crippen LogP contribution is -2.13. The Balaban J connectivity index is 2.52. The van der Waals surface area contributed by atoms with E-state index in [1.54, 1.807) is 0 Å². The lowest BCUT2D eigenvalue weighted by atomic mass is 9.95. The van der Waals surface area contributed by atoms with E-state index in [1.165, 1.54) is 21.9 Å². The van der Waals surface area contributed by atoms with Gasteiger partial charge >= 0.3 is 0 Å². The highest BCUT2D eigenvalue weighted by Crippen LogP contribution is 2.23. The predicted octanol–water partition coefficient (Wildman–Crippen LogP) is 2.68. The first-order chi connectivity index (χ1) is 7.72. The maximum atomic E-state index is 5.69. The van der Waals surface area contributed by atoms with Crippen LogP contribution in [-0.4, -0.2) is 11.5 Å². The van der Waals surface area contributed by atoms with Gasteiger partial charge in [-0.05, 0) is 42.3 Å². The van der Waals surface area contributed by atoms with Gasteiger partial charge in [-0.25, -0.2) is 0 Å². The van der Waals surface area contributed by atoms with Crippen LogP contribution in [0, 0.1) is 12.8 Å². The zero-order chi connectivity index (χ0) is 11.5. The summed E-state index contributed by atoms with van der Waals surface area (Å²) >= 11 is 0. The van der Waals surface area contributed by atoms with Crippen molar-refractivity contribution in [2.24, 2.45) is 11.7 Å². The van der Waals surface area contributed by atoms with Crippen molar-refractivity contribution in [3.63, 3.8) is 0 Å². The number of benzene rings is 1. The standard InChI is InChI=1S/C14H18N2/c1-10(7-15)6-12-4-3-5-13-9-16-8-11(2)14(12)13/h3-5,8-10H,6-7,15H2,1-2H3. The molecule has 0 saturated carbocycles. The maximum absolute atomic E-state index is 5.69. The van der Waals surface area contributed by atoms with Crippen molar-refractivity contribution in [1.29, 1.82) is 0 Å². The number of aromatic nitrogens is 1. The highest BCUT2D eigenvalue weighted by atomic mass is 14.6. The van der Waals surface area contributed by atoms with Crippen molar-refractivity contribution in [3.8, 4) is 0 Å². The van der Waals surface area contributed by atoms with Crippen molar-refractivity contribution < 1.29 is 0 Å². The first kappa shape index (κ1) is 11.1. The van der Waals surface area contributed by atoms with Crippen LogP contribution in [0.3, 0.4) is 0 Å². The summed E-state index contributed by atoms with van der Waals surface area (Å²) in [6.07, 6.45) is 4.90. The van der Waals surface area contributed by atoms with Crippen molar-refractivity contribution >= 4 is 10.8 Å². The smallest absolute Gasteiger partial charge is 0.0346 e. The summed E-state index contributed by atoms with van der Waals surface area (Å²) in [5.74, 6) is 0.526. The molecular formula is C14H18N2. The van der Waals surface area contributed by atoms with Crippen LogP contribution < -0.4 is 5.73 Å². The van der Waals surface area contributed by atoms with E-state index in [0.717, 1.165) is 13.0 Å². The molecule has 0 aliphatic rings.